The number of rotatable bonds is 9. The lowest BCUT2D eigenvalue weighted by molar-refractivity contribution is -0.0442. The molecule has 0 radical (unpaired) electrons. The number of nitrogens with zero attached hydrogens (tertiary/aromatic N) is 2. The zero-order valence-corrected chi connectivity index (χ0v) is 10.4. The van der Waals surface area contributed by atoms with Crippen LogP contribution in [0.5, 0.6) is 0 Å². The molecule has 126 valence electrons. The second-order valence-electron chi connectivity index (χ2n) is 3.85. The van der Waals surface area contributed by atoms with Crippen LogP contribution in [-0.2, 0) is 9.59 Å². The summed E-state index contributed by atoms with van der Waals surface area (Å²) in [6, 6.07) is 0. The molecule has 0 bridgehead atoms. The van der Waals surface area contributed by atoms with Crippen LogP contribution >= 0.6 is 0 Å². The number of alkyl halides is 8. The molecule has 0 heterocycles. The molecule has 0 amide bonds. The fourth-order valence-corrected chi connectivity index (χ4v) is 1.25. The Hall–Kier alpha value is -1.80. The second kappa shape index (κ2) is 9.26. The minimum absolute atomic E-state index is 0.486. The summed E-state index contributed by atoms with van der Waals surface area (Å²) >= 11 is 0. The van der Waals surface area contributed by atoms with Crippen molar-refractivity contribution < 1.29 is 44.7 Å². The SMILES string of the molecule is O=C=NC(F)C(F)C(F)C(F)C(F)C(F)C(F)C(F)N=C=O. The Morgan fingerprint density at radius 1 is 0.500 bits per heavy atom. The Bertz CT molecular complexity index is 403. The van der Waals surface area contributed by atoms with Gasteiger partial charge in [-0.15, -0.1) is 0 Å². The molecule has 0 saturated carbocycles. The van der Waals surface area contributed by atoms with E-state index < -0.39 is 49.6 Å². The monoisotopic (exact) mass is 340 g/mol. The van der Waals surface area contributed by atoms with Gasteiger partial charge in [0.05, 0.1) is 0 Å². The lowest BCUT2D eigenvalue weighted by atomic mass is 10.0. The second-order valence-corrected chi connectivity index (χ2v) is 3.85. The van der Waals surface area contributed by atoms with E-state index in [-0.39, 0.29) is 0 Å². The van der Waals surface area contributed by atoms with Gasteiger partial charge in [-0.1, -0.05) is 0 Å². The number of isocyanates is 2. The summed E-state index contributed by atoms with van der Waals surface area (Å²) in [5.74, 6) is 0. The molecule has 0 aromatic heterocycles. The highest BCUT2D eigenvalue weighted by Gasteiger charge is 2.47. The lowest BCUT2D eigenvalue weighted by Crippen LogP contribution is -2.46. The van der Waals surface area contributed by atoms with Gasteiger partial charge in [0, 0.05) is 0 Å². The van der Waals surface area contributed by atoms with Gasteiger partial charge in [-0.3, -0.25) is 0 Å². The maximum atomic E-state index is 13.2. The Morgan fingerprint density at radius 2 is 0.727 bits per heavy atom. The normalized spacial score (nSPS) is 22.0. The fourth-order valence-electron chi connectivity index (χ4n) is 1.25. The van der Waals surface area contributed by atoms with Crippen molar-refractivity contribution in [1.29, 1.82) is 0 Å². The maximum Gasteiger partial charge on any atom is 0.238 e. The largest absolute Gasteiger partial charge is 0.241 e. The van der Waals surface area contributed by atoms with Crippen LogP contribution in [0.3, 0.4) is 0 Å². The smallest absolute Gasteiger partial charge is 0.238 e. The van der Waals surface area contributed by atoms with E-state index in [1.165, 1.54) is 0 Å². The van der Waals surface area contributed by atoms with Crippen molar-refractivity contribution in [2.45, 2.75) is 49.6 Å². The Labute approximate surface area is 117 Å². The zero-order valence-electron chi connectivity index (χ0n) is 10.4. The predicted octanol–water partition coefficient (Wildman–Crippen LogP) is 2.28. The molecule has 0 aliphatic rings. The van der Waals surface area contributed by atoms with Crippen molar-refractivity contribution in [2.75, 3.05) is 0 Å². The number of hydrogen-bond donors (Lipinski definition) is 0. The van der Waals surface area contributed by atoms with Gasteiger partial charge in [0.15, 0.2) is 37.0 Å². The summed E-state index contributed by atoms with van der Waals surface area (Å²) in [5.41, 5.74) is 0. The van der Waals surface area contributed by atoms with E-state index in [0.29, 0.717) is 12.2 Å². The van der Waals surface area contributed by atoms with Crippen molar-refractivity contribution >= 4 is 12.2 Å². The van der Waals surface area contributed by atoms with Gasteiger partial charge in [0.1, 0.15) is 0 Å². The molecule has 0 aliphatic carbocycles. The summed E-state index contributed by atoms with van der Waals surface area (Å²) in [7, 11) is 0. The minimum Gasteiger partial charge on any atom is -0.241 e. The first-order chi connectivity index (χ1) is 10.2. The first-order valence-corrected chi connectivity index (χ1v) is 5.45. The van der Waals surface area contributed by atoms with Gasteiger partial charge >= 0.3 is 0 Å². The topological polar surface area (TPSA) is 58.9 Å². The molecule has 0 N–H and O–H groups in total. The van der Waals surface area contributed by atoms with Crippen LogP contribution in [0.2, 0.25) is 0 Å². The summed E-state index contributed by atoms with van der Waals surface area (Å²) in [4.78, 5) is 23.3. The molecule has 22 heavy (non-hydrogen) atoms. The van der Waals surface area contributed by atoms with Crippen molar-refractivity contribution in [3.63, 3.8) is 0 Å². The zero-order chi connectivity index (χ0) is 17.4. The van der Waals surface area contributed by atoms with Gasteiger partial charge in [0.25, 0.3) is 0 Å². The average molecular weight is 340 g/mol. The predicted molar refractivity (Wildman–Crippen MR) is 55.4 cm³/mol. The molecule has 0 spiro atoms. The summed E-state index contributed by atoms with van der Waals surface area (Å²) in [6.07, 6.45) is -27.3. The molecular formula is C10H8F8N2O2. The molecule has 0 rings (SSSR count). The van der Waals surface area contributed by atoms with Crippen LogP contribution in [0.25, 0.3) is 0 Å². The molecule has 0 aromatic carbocycles. The molecule has 0 saturated heterocycles. The molecular weight excluding hydrogens is 332 g/mol. The molecule has 12 heteroatoms. The summed E-state index contributed by atoms with van der Waals surface area (Å²) in [5, 5.41) is 0. The van der Waals surface area contributed by atoms with Crippen LogP contribution in [0.1, 0.15) is 0 Å². The molecule has 8 atom stereocenters. The first kappa shape index (κ1) is 20.2. The summed E-state index contributed by atoms with van der Waals surface area (Å²) < 4.78 is 104. The molecule has 0 aromatic rings. The third-order valence-electron chi connectivity index (χ3n) is 2.40. The highest BCUT2D eigenvalue weighted by Crippen LogP contribution is 2.27. The standard InChI is InChI=1S/C10H8F8N2O2/c11-3(5(13)7(15)9(17)19-1-21)4(12)6(14)8(16)10(18)20-2-22/h3-10H. The van der Waals surface area contributed by atoms with Gasteiger partial charge in [-0.05, 0) is 0 Å². The number of hydrogen-bond acceptors (Lipinski definition) is 4. The van der Waals surface area contributed by atoms with Crippen molar-refractivity contribution in [3.8, 4) is 0 Å². The Morgan fingerprint density at radius 3 is 0.955 bits per heavy atom. The van der Waals surface area contributed by atoms with Crippen LogP contribution in [-0.4, -0.2) is 61.8 Å². The van der Waals surface area contributed by atoms with Crippen molar-refractivity contribution in [1.82, 2.24) is 0 Å². The van der Waals surface area contributed by atoms with E-state index in [9.17, 15) is 44.7 Å². The average Bonchev–Trinajstić information content (AvgIpc) is 2.50. The van der Waals surface area contributed by atoms with E-state index >= 15 is 0 Å². The van der Waals surface area contributed by atoms with E-state index in [4.69, 9.17) is 0 Å². The minimum atomic E-state index is -3.74. The van der Waals surface area contributed by atoms with Crippen LogP contribution in [0.15, 0.2) is 9.98 Å². The van der Waals surface area contributed by atoms with Crippen LogP contribution in [0.4, 0.5) is 35.1 Å². The lowest BCUT2D eigenvalue weighted by Gasteiger charge is -2.24. The van der Waals surface area contributed by atoms with Gasteiger partial charge < -0.3 is 0 Å². The molecule has 0 fully saturated rings. The van der Waals surface area contributed by atoms with Gasteiger partial charge in [-0.2, -0.15) is 9.98 Å². The number of carbonyl (C=O) groups excluding carboxylic acids is 2. The van der Waals surface area contributed by atoms with E-state index in [1.807, 2.05) is 0 Å². The third kappa shape index (κ3) is 5.19. The molecule has 0 aliphatic heterocycles. The maximum absolute atomic E-state index is 13.2. The first-order valence-electron chi connectivity index (χ1n) is 5.45. The van der Waals surface area contributed by atoms with Crippen molar-refractivity contribution in [2.24, 2.45) is 9.98 Å². The van der Waals surface area contributed by atoms with Crippen LogP contribution in [0, 0.1) is 0 Å². The number of aliphatic imine (C=N–C) groups is 2. The fraction of sp³-hybridized carbons (Fsp3) is 0.800. The van der Waals surface area contributed by atoms with Gasteiger partial charge in [0.2, 0.25) is 24.8 Å². The van der Waals surface area contributed by atoms with E-state index in [0.717, 1.165) is 0 Å². The highest BCUT2D eigenvalue weighted by molar-refractivity contribution is 5.33. The summed E-state index contributed by atoms with van der Waals surface area (Å²) in [6.45, 7) is 0. The molecule has 4 nitrogen and oxygen atoms in total. The van der Waals surface area contributed by atoms with Crippen molar-refractivity contribution in [3.05, 3.63) is 0 Å². The highest BCUT2D eigenvalue weighted by atomic mass is 19.2. The van der Waals surface area contributed by atoms with Crippen LogP contribution < -0.4 is 0 Å². The van der Waals surface area contributed by atoms with E-state index in [2.05, 4.69) is 9.98 Å². The number of halogens is 8. The Balaban J connectivity index is 4.92. The van der Waals surface area contributed by atoms with E-state index in [1.54, 1.807) is 0 Å². The third-order valence-corrected chi connectivity index (χ3v) is 2.40. The Kier molecular flexibility index (Phi) is 8.51. The quantitative estimate of drug-likeness (QED) is 0.280. The molecule has 8 unspecified atom stereocenters. The van der Waals surface area contributed by atoms with Gasteiger partial charge in [-0.25, -0.2) is 44.7 Å².